The summed E-state index contributed by atoms with van der Waals surface area (Å²) in [6, 6.07) is 14.9. The molecule has 2 aromatic carbocycles. The van der Waals surface area contributed by atoms with E-state index in [4.69, 9.17) is 0 Å². The van der Waals surface area contributed by atoms with E-state index >= 15 is 0 Å². The second-order valence-corrected chi connectivity index (χ2v) is 6.60. The summed E-state index contributed by atoms with van der Waals surface area (Å²) in [6.45, 7) is 2.20. The van der Waals surface area contributed by atoms with Crippen LogP contribution in [0.25, 0.3) is 27.6 Å². The molecule has 0 saturated carbocycles. The van der Waals surface area contributed by atoms with Crippen molar-refractivity contribution in [3.05, 3.63) is 65.0 Å². The summed E-state index contributed by atoms with van der Waals surface area (Å²) in [5.41, 5.74) is 5.48. The van der Waals surface area contributed by atoms with E-state index < -0.39 is 0 Å². The van der Waals surface area contributed by atoms with Crippen LogP contribution in [0.2, 0.25) is 0 Å². The molecular weight excluding hydrogens is 350 g/mol. The van der Waals surface area contributed by atoms with Crippen LogP contribution in [0.15, 0.2) is 59.5 Å². The highest BCUT2D eigenvalue weighted by Gasteiger charge is 2.10. The van der Waals surface area contributed by atoms with E-state index in [1.165, 1.54) is 5.56 Å². The number of nitrogens with zero attached hydrogens (tertiary/aromatic N) is 3. The largest absolute Gasteiger partial charge is 0.298 e. The van der Waals surface area contributed by atoms with Gasteiger partial charge >= 0.3 is 0 Å². The molecule has 0 N–H and O–H groups in total. The Balaban J connectivity index is 1.94. The molecule has 0 aliphatic heterocycles. The lowest BCUT2D eigenvalue weighted by Crippen LogP contribution is -1.94. The number of hydrogen-bond donors (Lipinski definition) is 0. The molecule has 0 unspecified atom stereocenters. The van der Waals surface area contributed by atoms with Crippen LogP contribution in [0.4, 0.5) is 0 Å². The molecule has 23 heavy (non-hydrogen) atoms. The van der Waals surface area contributed by atoms with Gasteiger partial charge in [0.25, 0.3) is 0 Å². The summed E-state index contributed by atoms with van der Waals surface area (Å²) >= 11 is 3.56. The fraction of sp³-hybridized carbons (Fsp3) is 0.158. The number of pyridine rings is 1. The van der Waals surface area contributed by atoms with Crippen molar-refractivity contribution in [2.24, 2.45) is 0 Å². The summed E-state index contributed by atoms with van der Waals surface area (Å²) in [7, 11) is 0. The van der Waals surface area contributed by atoms with Crippen molar-refractivity contribution >= 4 is 37.9 Å². The van der Waals surface area contributed by atoms with Crippen molar-refractivity contribution < 1.29 is 0 Å². The summed E-state index contributed by atoms with van der Waals surface area (Å²) in [4.78, 5) is 9.02. The van der Waals surface area contributed by atoms with Crippen molar-refractivity contribution in [1.29, 1.82) is 0 Å². The number of imidazole rings is 1. The molecule has 114 valence electrons. The maximum Gasteiger partial charge on any atom is 0.108 e. The third kappa shape index (κ3) is 2.53. The van der Waals surface area contributed by atoms with Gasteiger partial charge in [0, 0.05) is 15.5 Å². The zero-order chi connectivity index (χ0) is 15.8. The van der Waals surface area contributed by atoms with Crippen LogP contribution < -0.4 is 0 Å². The topological polar surface area (TPSA) is 30.7 Å². The van der Waals surface area contributed by atoms with Crippen LogP contribution >= 0.6 is 15.9 Å². The Morgan fingerprint density at radius 3 is 2.61 bits per heavy atom. The standard InChI is InChI=1S/C19H16BrN3/c1-2-3-13-4-7-15(8-5-13)23-12-22-18-11-21-17-9-6-14(20)10-16(17)19(18)23/h4-12H,2-3H2,1H3. The number of aromatic nitrogens is 3. The van der Waals surface area contributed by atoms with Crippen LogP contribution in [0.5, 0.6) is 0 Å². The Morgan fingerprint density at radius 2 is 1.83 bits per heavy atom. The molecule has 4 rings (SSSR count). The average Bonchev–Trinajstić information content (AvgIpc) is 3.00. The zero-order valence-electron chi connectivity index (χ0n) is 12.8. The molecule has 0 bridgehead atoms. The molecule has 0 spiro atoms. The maximum absolute atomic E-state index is 4.52. The lowest BCUT2D eigenvalue weighted by atomic mass is 10.1. The first-order valence-electron chi connectivity index (χ1n) is 7.77. The van der Waals surface area contributed by atoms with E-state index in [1.807, 2.05) is 24.7 Å². The molecule has 0 atom stereocenters. The normalized spacial score (nSPS) is 11.4. The van der Waals surface area contributed by atoms with Gasteiger partial charge in [0.15, 0.2) is 0 Å². The van der Waals surface area contributed by atoms with E-state index in [0.717, 1.165) is 44.9 Å². The lowest BCUT2D eigenvalue weighted by molar-refractivity contribution is 0.920. The average molecular weight is 366 g/mol. The van der Waals surface area contributed by atoms with E-state index in [0.29, 0.717) is 0 Å². The van der Waals surface area contributed by atoms with Crippen molar-refractivity contribution in [3.63, 3.8) is 0 Å². The molecule has 0 fully saturated rings. The van der Waals surface area contributed by atoms with Gasteiger partial charge in [-0.05, 0) is 42.3 Å². The number of hydrogen-bond acceptors (Lipinski definition) is 2. The Labute approximate surface area is 143 Å². The van der Waals surface area contributed by atoms with Crippen molar-refractivity contribution in [1.82, 2.24) is 14.5 Å². The van der Waals surface area contributed by atoms with E-state index in [2.05, 4.69) is 67.7 Å². The zero-order valence-corrected chi connectivity index (χ0v) is 14.4. The van der Waals surface area contributed by atoms with Crippen molar-refractivity contribution in [2.75, 3.05) is 0 Å². The first-order chi connectivity index (χ1) is 11.3. The number of rotatable bonds is 3. The van der Waals surface area contributed by atoms with Crippen molar-refractivity contribution in [3.8, 4) is 5.69 Å². The predicted octanol–water partition coefficient (Wildman–Crippen LogP) is 5.29. The second kappa shape index (κ2) is 5.78. The number of aryl methyl sites for hydroxylation is 1. The minimum absolute atomic E-state index is 0.910. The molecular formula is C19H16BrN3. The molecule has 0 aliphatic carbocycles. The monoisotopic (exact) mass is 365 g/mol. The van der Waals surface area contributed by atoms with E-state index in [-0.39, 0.29) is 0 Å². The highest BCUT2D eigenvalue weighted by molar-refractivity contribution is 9.10. The van der Waals surface area contributed by atoms with Gasteiger partial charge in [0.05, 0.1) is 17.2 Å². The Morgan fingerprint density at radius 1 is 1.00 bits per heavy atom. The lowest BCUT2D eigenvalue weighted by Gasteiger charge is -2.08. The van der Waals surface area contributed by atoms with Gasteiger partial charge in [0.2, 0.25) is 0 Å². The third-order valence-electron chi connectivity index (χ3n) is 4.09. The van der Waals surface area contributed by atoms with Crippen LogP contribution in [-0.4, -0.2) is 14.5 Å². The second-order valence-electron chi connectivity index (χ2n) is 5.68. The quantitative estimate of drug-likeness (QED) is 0.493. The fourth-order valence-electron chi connectivity index (χ4n) is 2.97. The third-order valence-corrected chi connectivity index (χ3v) is 4.58. The van der Waals surface area contributed by atoms with Gasteiger partial charge < -0.3 is 0 Å². The summed E-state index contributed by atoms with van der Waals surface area (Å²) in [5, 5.41) is 1.10. The van der Waals surface area contributed by atoms with Crippen molar-refractivity contribution in [2.45, 2.75) is 19.8 Å². The molecule has 0 saturated heterocycles. The Kier molecular flexibility index (Phi) is 3.62. The van der Waals surface area contributed by atoms with Crippen LogP contribution in [0.1, 0.15) is 18.9 Å². The SMILES string of the molecule is CCCc1ccc(-n2cnc3cnc4ccc(Br)cc4c32)cc1. The fourth-order valence-corrected chi connectivity index (χ4v) is 3.33. The number of fused-ring (bicyclic) bond motifs is 3. The molecule has 4 heteroatoms. The Bertz CT molecular complexity index is 987. The number of halogens is 1. The highest BCUT2D eigenvalue weighted by atomic mass is 79.9. The highest BCUT2D eigenvalue weighted by Crippen LogP contribution is 2.28. The molecule has 0 amide bonds. The summed E-state index contributed by atoms with van der Waals surface area (Å²) in [6.07, 6.45) is 6.00. The van der Waals surface area contributed by atoms with Gasteiger partial charge in [-0.1, -0.05) is 41.4 Å². The molecule has 3 nitrogen and oxygen atoms in total. The van der Waals surface area contributed by atoms with Gasteiger partial charge in [-0.3, -0.25) is 9.55 Å². The number of benzene rings is 2. The Hall–Kier alpha value is -2.20. The molecule has 2 aromatic heterocycles. The van der Waals surface area contributed by atoms with Crippen LogP contribution in [0.3, 0.4) is 0 Å². The maximum atomic E-state index is 4.52. The minimum Gasteiger partial charge on any atom is -0.298 e. The van der Waals surface area contributed by atoms with Gasteiger partial charge in [-0.15, -0.1) is 0 Å². The minimum atomic E-state index is 0.910. The molecule has 0 radical (unpaired) electrons. The first-order valence-corrected chi connectivity index (χ1v) is 8.56. The van der Waals surface area contributed by atoms with Gasteiger partial charge in [0.1, 0.15) is 11.8 Å². The van der Waals surface area contributed by atoms with Gasteiger partial charge in [-0.2, -0.15) is 0 Å². The first kappa shape index (κ1) is 14.4. The summed E-state index contributed by atoms with van der Waals surface area (Å²) in [5.74, 6) is 0. The van der Waals surface area contributed by atoms with E-state index in [1.54, 1.807) is 0 Å². The smallest absolute Gasteiger partial charge is 0.108 e. The van der Waals surface area contributed by atoms with E-state index in [9.17, 15) is 0 Å². The van der Waals surface area contributed by atoms with Crippen LogP contribution in [-0.2, 0) is 6.42 Å². The molecule has 2 heterocycles. The summed E-state index contributed by atoms with van der Waals surface area (Å²) < 4.78 is 3.19. The predicted molar refractivity (Wildman–Crippen MR) is 98.1 cm³/mol. The molecule has 4 aromatic rings. The van der Waals surface area contributed by atoms with Crippen LogP contribution in [0, 0.1) is 0 Å². The van der Waals surface area contributed by atoms with Gasteiger partial charge in [-0.25, -0.2) is 4.98 Å². The molecule has 0 aliphatic rings.